The van der Waals surface area contributed by atoms with Crippen molar-refractivity contribution in [3.05, 3.63) is 113 Å². The van der Waals surface area contributed by atoms with Gasteiger partial charge in [-0.05, 0) is 81.9 Å². The van der Waals surface area contributed by atoms with Crippen molar-refractivity contribution < 1.29 is 0 Å². The van der Waals surface area contributed by atoms with Gasteiger partial charge in [-0.3, -0.25) is 9.80 Å². The van der Waals surface area contributed by atoms with Crippen LogP contribution in [-0.4, -0.2) is 16.7 Å². The summed E-state index contributed by atoms with van der Waals surface area (Å²) in [5, 5.41) is 0. The molecule has 38 heavy (non-hydrogen) atoms. The molecule has 0 N–H and O–H groups in total. The van der Waals surface area contributed by atoms with E-state index in [1.807, 2.05) is 13.0 Å². The number of aryl methyl sites for hydroxylation is 5. The molecule has 0 radical (unpaired) electrons. The van der Waals surface area contributed by atoms with Crippen molar-refractivity contribution >= 4 is 57.5 Å². The van der Waals surface area contributed by atoms with Crippen molar-refractivity contribution in [2.24, 2.45) is 0 Å². The first-order chi connectivity index (χ1) is 18.4. The predicted molar refractivity (Wildman–Crippen MR) is 160 cm³/mol. The van der Waals surface area contributed by atoms with Crippen molar-refractivity contribution in [2.75, 3.05) is 9.80 Å². The Kier molecular flexibility index (Phi) is 4.99. The molecule has 2 aliphatic heterocycles. The van der Waals surface area contributed by atoms with Gasteiger partial charge in [0.1, 0.15) is 11.6 Å². The monoisotopic (exact) mass is 492 g/mol. The van der Waals surface area contributed by atoms with E-state index in [2.05, 4.69) is 116 Å². The molecule has 0 saturated heterocycles. The topological polar surface area (TPSA) is 32.3 Å². The molecule has 5 heteroatoms. The molecule has 7 rings (SSSR count). The lowest BCUT2D eigenvalue weighted by molar-refractivity contribution is 1.08. The second-order valence-electron chi connectivity index (χ2n) is 10.6. The number of hydrogen-bond acceptors (Lipinski definition) is 4. The van der Waals surface area contributed by atoms with Crippen molar-refractivity contribution in [1.82, 2.24) is 9.97 Å². The van der Waals surface area contributed by atoms with Crippen LogP contribution in [0.25, 0.3) is 0 Å². The largest absolute Gasteiger partial charge is 0.292 e. The maximum Gasteiger partial charge on any atom is 0.249 e. The van der Waals surface area contributed by atoms with Gasteiger partial charge in [-0.15, -0.1) is 0 Å². The first-order valence-electron chi connectivity index (χ1n) is 13.2. The van der Waals surface area contributed by atoms with Gasteiger partial charge in [0.2, 0.25) is 6.71 Å². The highest BCUT2D eigenvalue weighted by Gasteiger charge is 2.43. The van der Waals surface area contributed by atoms with Gasteiger partial charge in [0.25, 0.3) is 0 Å². The first-order valence-corrected chi connectivity index (χ1v) is 13.2. The van der Waals surface area contributed by atoms with Crippen LogP contribution < -0.4 is 26.2 Å². The summed E-state index contributed by atoms with van der Waals surface area (Å²) in [6.45, 7) is 10.9. The van der Waals surface area contributed by atoms with Crippen molar-refractivity contribution in [3.8, 4) is 0 Å². The summed E-state index contributed by atoms with van der Waals surface area (Å²) in [4.78, 5) is 14.8. The van der Waals surface area contributed by atoms with Crippen LogP contribution in [0.3, 0.4) is 0 Å². The molecule has 4 nitrogen and oxygen atoms in total. The summed E-state index contributed by atoms with van der Waals surface area (Å²) in [6, 6.07) is 30.6. The number of para-hydroxylation sites is 3. The average molecular weight is 492 g/mol. The third-order valence-electron chi connectivity index (χ3n) is 7.88. The Morgan fingerprint density at radius 3 is 1.97 bits per heavy atom. The highest BCUT2D eigenvalue weighted by molar-refractivity contribution is 6.98. The molecule has 0 saturated carbocycles. The number of aromatic nitrogens is 2. The van der Waals surface area contributed by atoms with Gasteiger partial charge in [-0.25, -0.2) is 9.97 Å². The molecule has 4 heterocycles. The minimum absolute atomic E-state index is 0.0856. The van der Waals surface area contributed by atoms with E-state index in [4.69, 9.17) is 9.97 Å². The maximum atomic E-state index is 5.20. The van der Waals surface area contributed by atoms with Crippen LogP contribution in [-0.2, 0) is 0 Å². The number of fused-ring (bicyclic) bond motifs is 4. The van der Waals surface area contributed by atoms with E-state index < -0.39 is 0 Å². The van der Waals surface area contributed by atoms with Crippen LogP contribution in [0.4, 0.5) is 34.4 Å². The summed E-state index contributed by atoms with van der Waals surface area (Å²) in [5.74, 6) is 1.94. The minimum Gasteiger partial charge on any atom is -0.292 e. The van der Waals surface area contributed by atoms with Crippen LogP contribution in [0, 0.1) is 34.6 Å². The lowest BCUT2D eigenvalue weighted by Crippen LogP contribution is -2.59. The van der Waals surface area contributed by atoms with E-state index in [9.17, 15) is 0 Å². The zero-order valence-electron chi connectivity index (χ0n) is 22.4. The average Bonchev–Trinajstić information content (AvgIpc) is 2.89. The molecular weight excluding hydrogens is 463 g/mol. The van der Waals surface area contributed by atoms with Gasteiger partial charge in [-0.1, -0.05) is 70.7 Å². The second-order valence-corrected chi connectivity index (χ2v) is 10.6. The fraction of sp³-hybridized carbons (Fsp3) is 0.152. The smallest absolute Gasteiger partial charge is 0.249 e. The zero-order valence-corrected chi connectivity index (χ0v) is 22.4. The van der Waals surface area contributed by atoms with Crippen LogP contribution >= 0.6 is 0 Å². The number of benzene rings is 3. The quantitative estimate of drug-likeness (QED) is 0.273. The summed E-state index contributed by atoms with van der Waals surface area (Å²) < 4.78 is 0. The lowest BCUT2D eigenvalue weighted by Gasteiger charge is -2.44. The Labute approximate surface area is 224 Å². The van der Waals surface area contributed by atoms with Crippen LogP contribution in [0.1, 0.15) is 28.1 Å². The number of anilines is 6. The van der Waals surface area contributed by atoms with Gasteiger partial charge >= 0.3 is 0 Å². The first kappa shape index (κ1) is 22.8. The van der Waals surface area contributed by atoms with E-state index >= 15 is 0 Å². The molecule has 0 unspecified atom stereocenters. The van der Waals surface area contributed by atoms with Gasteiger partial charge in [0, 0.05) is 11.4 Å². The Morgan fingerprint density at radius 2 is 1.24 bits per heavy atom. The molecule has 2 aliphatic rings. The highest BCUT2D eigenvalue weighted by atomic mass is 15.3. The van der Waals surface area contributed by atoms with Crippen molar-refractivity contribution in [3.63, 3.8) is 0 Å². The molecule has 0 fully saturated rings. The molecule has 5 aromatic rings. The van der Waals surface area contributed by atoms with Crippen LogP contribution in [0.5, 0.6) is 0 Å². The Balaban J connectivity index is 1.59. The van der Waals surface area contributed by atoms with Crippen molar-refractivity contribution in [1.29, 1.82) is 0 Å². The van der Waals surface area contributed by atoms with Gasteiger partial charge in [0.05, 0.1) is 22.7 Å². The molecule has 0 amide bonds. The van der Waals surface area contributed by atoms with E-state index in [0.717, 1.165) is 40.1 Å². The number of hydrogen-bond donors (Lipinski definition) is 0. The summed E-state index contributed by atoms with van der Waals surface area (Å²) in [7, 11) is 0. The lowest BCUT2D eigenvalue weighted by atomic mass is 9.34. The second kappa shape index (κ2) is 8.32. The van der Waals surface area contributed by atoms with Gasteiger partial charge in [0.15, 0.2) is 0 Å². The van der Waals surface area contributed by atoms with Gasteiger partial charge < -0.3 is 0 Å². The standard InChI is InChI=1S/C33H29BN4/c1-20-18-21(2)31(22(3)19-20)34-25-11-9-14-29-32(25)38(33-26(34)17-16-24(5)36-33)28-13-7-6-12-27(28)37(29)30-15-8-10-23(4)35-30/h6-19H,1-5H3. The molecule has 0 atom stereocenters. The fourth-order valence-electron chi connectivity index (χ4n) is 6.50. The molecule has 0 aliphatic carbocycles. The SMILES string of the molecule is Cc1cc(C)c(B2c3ccc(C)nc3N3c4ccccc4N(c4cccc(C)n4)c4cccc2c43)c(C)c1. The third-order valence-corrected chi connectivity index (χ3v) is 7.88. The number of rotatable bonds is 2. The molecule has 3 aromatic carbocycles. The maximum absolute atomic E-state index is 5.20. The van der Waals surface area contributed by atoms with E-state index in [0.29, 0.717) is 0 Å². The summed E-state index contributed by atoms with van der Waals surface area (Å²) >= 11 is 0. The molecule has 0 spiro atoms. The third kappa shape index (κ3) is 3.24. The minimum atomic E-state index is 0.0856. The molecule has 2 aromatic heterocycles. The Morgan fingerprint density at radius 1 is 0.579 bits per heavy atom. The number of pyridine rings is 2. The molecular formula is C33H29BN4. The highest BCUT2D eigenvalue weighted by Crippen LogP contribution is 2.53. The molecule has 184 valence electrons. The zero-order chi connectivity index (χ0) is 26.1. The predicted octanol–water partition coefficient (Wildman–Crippen LogP) is 6.10. The van der Waals surface area contributed by atoms with Crippen LogP contribution in [0.2, 0.25) is 0 Å². The van der Waals surface area contributed by atoms with E-state index in [1.54, 1.807) is 0 Å². The summed E-state index contributed by atoms with van der Waals surface area (Å²) in [6.07, 6.45) is 0. The normalized spacial score (nSPS) is 13.2. The van der Waals surface area contributed by atoms with E-state index in [-0.39, 0.29) is 6.71 Å². The Bertz CT molecular complexity index is 1740. The van der Waals surface area contributed by atoms with Crippen molar-refractivity contribution in [2.45, 2.75) is 34.6 Å². The van der Waals surface area contributed by atoms with Gasteiger partial charge in [-0.2, -0.15) is 0 Å². The summed E-state index contributed by atoms with van der Waals surface area (Å²) in [5.41, 5.74) is 14.4. The number of nitrogens with zero attached hydrogens (tertiary/aromatic N) is 4. The fourth-order valence-corrected chi connectivity index (χ4v) is 6.50. The van der Waals surface area contributed by atoms with E-state index in [1.165, 1.54) is 38.8 Å². The molecule has 0 bridgehead atoms. The Hall–Kier alpha value is -4.38. The van der Waals surface area contributed by atoms with Crippen LogP contribution in [0.15, 0.2) is 84.9 Å².